The van der Waals surface area contributed by atoms with Crippen LogP contribution in [-0.4, -0.2) is 36.2 Å². The fourth-order valence-electron chi connectivity index (χ4n) is 2.00. The molecule has 0 heterocycles. The maximum absolute atomic E-state index is 13.3. The molecule has 20 heavy (non-hydrogen) atoms. The quantitative estimate of drug-likeness (QED) is 0.834. The molecule has 0 aliphatic rings. The molecular weight excluding hydrogens is 265 g/mol. The number of carboxylic acids is 1. The molecule has 0 radical (unpaired) electrons. The lowest BCUT2D eigenvalue weighted by atomic mass is 9.98. The molecule has 1 atom stereocenters. The molecule has 0 spiro atoms. The van der Waals surface area contributed by atoms with Gasteiger partial charge in [-0.25, -0.2) is 4.39 Å². The van der Waals surface area contributed by atoms with E-state index in [0.717, 1.165) is 6.07 Å². The maximum Gasteiger partial charge on any atom is 0.305 e. The number of methoxy groups -OCH3 is 1. The molecule has 1 aromatic carbocycles. The van der Waals surface area contributed by atoms with E-state index in [9.17, 15) is 14.0 Å². The normalized spacial score (nSPS) is 13.6. The number of aliphatic carboxylic acids is 1. The number of halogens is 1. The fourth-order valence-corrected chi connectivity index (χ4v) is 2.00. The van der Waals surface area contributed by atoms with E-state index in [1.807, 2.05) is 0 Å². The van der Waals surface area contributed by atoms with Crippen molar-refractivity contribution in [2.75, 3.05) is 13.7 Å². The lowest BCUT2D eigenvalue weighted by Gasteiger charge is -2.28. The van der Waals surface area contributed by atoms with E-state index in [1.165, 1.54) is 19.2 Å². The molecule has 0 aromatic heterocycles. The maximum atomic E-state index is 13.3. The Morgan fingerprint density at radius 3 is 2.55 bits per heavy atom. The second kappa shape index (κ2) is 6.47. The Balaban J connectivity index is 2.92. The number of carbonyl (C=O) groups excluding carboxylic acids is 1. The topological polar surface area (TPSA) is 75.6 Å². The third-order valence-electron chi connectivity index (χ3n) is 2.72. The van der Waals surface area contributed by atoms with Gasteiger partial charge in [0.1, 0.15) is 5.82 Å². The third kappa shape index (κ3) is 4.62. The third-order valence-corrected chi connectivity index (χ3v) is 2.72. The first-order chi connectivity index (χ1) is 9.25. The van der Waals surface area contributed by atoms with E-state index in [1.54, 1.807) is 13.8 Å². The van der Waals surface area contributed by atoms with Crippen molar-refractivity contribution < 1.29 is 23.8 Å². The van der Waals surface area contributed by atoms with E-state index >= 15 is 0 Å². The minimum atomic E-state index is -1.06. The molecule has 1 amide bonds. The average Bonchev–Trinajstić information content (AvgIpc) is 2.25. The van der Waals surface area contributed by atoms with Crippen molar-refractivity contribution in [2.24, 2.45) is 0 Å². The van der Waals surface area contributed by atoms with Gasteiger partial charge in [0.05, 0.1) is 18.6 Å². The second-order valence-electron chi connectivity index (χ2n) is 5.04. The molecule has 110 valence electrons. The molecule has 0 bridgehead atoms. The first-order valence-electron chi connectivity index (χ1n) is 6.06. The van der Waals surface area contributed by atoms with Gasteiger partial charge in [-0.1, -0.05) is 0 Å². The molecule has 1 rings (SSSR count). The second-order valence-corrected chi connectivity index (χ2v) is 5.04. The lowest BCUT2D eigenvalue weighted by Crippen LogP contribution is -2.50. The summed E-state index contributed by atoms with van der Waals surface area (Å²) in [4.78, 5) is 22.9. The summed E-state index contributed by atoms with van der Waals surface area (Å²) >= 11 is 0. The standard InChI is InChI=1S/C14H18FNO4/c1-9-4-10(6-11(15)5-9)13(19)16-14(2,8-20-3)7-12(17)18/h4-6H,7-8H2,1-3H3,(H,16,19)(H,17,18). The van der Waals surface area contributed by atoms with Crippen LogP contribution in [0.2, 0.25) is 0 Å². The summed E-state index contributed by atoms with van der Waals surface area (Å²) in [5.41, 5.74) is -0.296. The molecule has 0 aliphatic heterocycles. The van der Waals surface area contributed by atoms with Crippen molar-refractivity contribution in [1.82, 2.24) is 5.32 Å². The Hall–Kier alpha value is -1.95. The van der Waals surface area contributed by atoms with Gasteiger partial charge < -0.3 is 15.2 Å². The predicted molar refractivity (Wildman–Crippen MR) is 71.1 cm³/mol. The van der Waals surface area contributed by atoms with E-state index in [0.29, 0.717) is 5.56 Å². The highest BCUT2D eigenvalue weighted by Gasteiger charge is 2.30. The SMILES string of the molecule is COCC(C)(CC(=O)O)NC(=O)c1cc(C)cc(F)c1. The highest BCUT2D eigenvalue weighted by atomic mass is 19.1. The number of nitrogens with one attached hydrogen (secondary N) is 1. The highest BCUT2D eigenvalue weighted by molar-refractivity contribution is 5.95. The van der Waals surface area contributed by atoms with Gasteiger partial charge in [0, 0.05) is 12.7 Å². The van der Waals surface area contributed by atoms with Crippen molar-refractivity contribution in [3.8, 4) is 0 Å². The molecular formula is C14H18FNO4. The van der Waals surface area contributed by atoms with Crippen LogP contribution < -0.4 is 5.32 Å². The van der Waals surface area contributed by atoms with Crippen molar-refractivity contribution in [3.05, 3.63) is 35.1 Å². The van der Waals surface area contributed by atoms with Crippen LogP contribution in [0.5, 0.6) is 0 Å². The zero-order chi connectivity index (χ0) is 15.3. The summed E-state index contributed by atoms with van der Waals surface area (Å²) in [7, 11) is 1.42. The number of benzene rings is 1. The van der Waals surface area contributed by atoms with E-state index < -0.39 is 23.2 Å². The molecule has 6 heteroatoms. The van der Waals surface area contributed by atoms with Crippen LogP contribution in [0.4, 0.5) is 4.39 Å². The van der Waals surface area contributed by atoms with Gasteiger partial charge in [-0.05, 0) is 37.6 Å². The highest BCUT2D eigenvalue weighted by Crippen LogP contribution is 2.14. The number of ether oxygens (including phenoxy) is 1. The number of carbonyl (C=O) groups is 2. The van der Waals surface area contributed by atoms with Crippen LogP contribution in [-0.2, 0) is 9.53 Å². The van der Waals surface area contributed by atoms with Crippen LogP contribution in [0, 0.1) is 12.7 Å². The lowest BCUT2D eigenvalue weighted by molar-refractivity contribution is -0.139. The number of hydrogen-bond donors (Lipinski definition) is 2. The molecule has 1 aromatic rings. The van der Waals surface area contributed by atoms with Gasteiger partial charge >= 0.3 is 5.97 Å². The molecule has 0 aliphatic carbocycles. The summed E-state index contributed by atoms with van der Waals surface area (Å²) in [5, 5.41) is 11.5. The van der Waals surface area contributed by atoms with Gasteiger partial charge in [-0.2, -0.15) is 0 Å². The molecule has 5 nitrogen and oxygen atoms in total. The summed E-state index contributed by atoms with van der Waals surface area (Å²) in [6, 6.07) is 3.95. The minimum Gasteiger partial charge on any atom is -0.481 e. The van der Waals surface area contributed by atoms with E-state index in [2.05, 4.69) is 5.32 Å². The van der Waals surface area contributed by atoms with Gasteiger partial charge in [0.25, 0.3) is 5.91 Å². The number of rotatable bonds is 6. The van der Waals surface area contributed by atoms with Gasteiger partial charge in [0.2, 0.25) is 0 Å². The van der Waals surface area contributed by atoms with Crippen LogP contribution in [0.1, 0.15) is 29.3 Å². The smallest absolute Gasteiger partial charge is 0.305 e. The molecule has 0 fully saturated rings. The van der Waals surface area contributed by atoms with Crippen molar-refractivity contribution >= 4 is 11.9 Å². The van der Waals surface area contributed by atoms with E-state index in [4.69, 9.17) is 9.84 Å². The first-order valence-corrected chi connectivity index (χ1v) is 6.06. The van der Waals surface area contributed by atoms with Crippen LogP contribution in [0.3, 0.4) is 0 Å². The molecule has 1 unspecified atom stereocenters. The van der Waals surface area contributed by atoms with Gasteiger partial charge in [-0.3, -0.25) is 9.59 Å². The van der Waals surface area contributed by atoms with Crippen LogP contribution >= 0.6 is 0 Å². The molecule has 0 saturated heterocycles. The Bertz CT molecular complexity index is 498. The number of aryl methyl sites for hydroxylation is 1. The van der Waals surface area contributed by atoms with Gasteiger partial charge in [0.15, 0.2) is 0 Å². The Labute approximate surface area is 116 Å². The summed E-state index contributed by atoms with van der Waals surface area (Å²) in [6.07, 6.45) is -0.291. The number of amides is 1. The number of hydrogen-bond acceptors (Lipinski definition) is 3. The fraction of sp³-hybridized carbons (Fsp3) is 0.429. The Kier molecular flexibility index (Phi) is 5.21. The molecule has 0 saturated carbocycles. The van der Waals surface area contributed by atoms with Crippen LogP contribution in [0.15, 0.2) is 18.2 Å². The monoisotopic (exact) mass is 283 g/mol. The number of carboxylic acid groups (broad SMARTS) is 1. The van der Waals surface area contributed by atoms with Crippen molar-refractivity contribution in [3.63, 3.8) is 0 Å². The largest absolute Gasteiger partial charge is 0.481 e. The zero-order valence-corrected chi connectivity index (χ0v) is 11.7. The minimum absolute atomic E-state index is 0.0410. The molecule has 2 N–H and O–H groups in total. The average molecular weight is 283 g/mol. The van der Waals surface area contributed by atoms with E-state index in [-0.39, 0.29) is 18.6 Å². The summed E-state index contributed by atoms with van der Waals surface area (Å²) in [5.74, 6) is -2.10. The Morgan fingerprint density at radius 1 is 1.40 bits per heavy atom. The summed E-state index contributed by atoms with van der Waals surface area (Å²) < 4.78 is 18.2. The summed E-state index contributed by atoms with van der Waals surface area (Å²) in [6.45, 7) is 3.28. The zero-order valence-electron chi connectivity index (χ0n) is 11.7. The first kappa shape index (κ1) is 16.1. The van der Waals surface area contributed by atoms with Gasteiger partial charge in [-0.15, -0.1) is 0 Å². The van der Waals surface area contributed by atoms with Crippen molar-refractivity contribution in [2.45, 2.75) is 25.8 Å². The van der Waals surface area contributed by atoms with Crippen LogP contribution in [0.25, 0.3) is 0 Å². The predicted octanol–water partition coefficient (Wildman–Crippen LogP) is 1.74. The Morgan fingerprint density at radius 2 is 2.05 bits per heavy atom. The van der Waals surface area contributed by atoms with Crippen molar-refractivity contribution in [1.29, 1.82) is 0 Å².